The van der Waals surface area contributed by atoms with Crippen LogP contribution in [0.4, 0.5) is 0 Å². The Morgan fingerprint density at radius 1 is 1.35 bits per heavy atom. The monoisotopic (exact) mass is 325 g/mol. The van der Waals surface area contributed by atoms with E-state index in [2.05, 4.69) is 11.0 Å². The van der Waals surface area contributed by atoms with Gasteiger partial charge in [0, 0.05) is 11.1 Å². The van der Waals surface area contributed by atoms with E-state index in [-0.39, 0.29) is 12.4 Å². The molecular formula is C17H12ClN3O2. The number of carbonyl (C=O) groups excluding carboxylic acids is 1. The molecule has 5 nitrogen and oxygen atoms in total. The highest BCUT2D eigenvalue weighted by atomic mass is 35.5. The highest BCUT2D eigenvalue weighted by molar-refractivity contribution is 6.31. The number of halogens is 1. The van der Waals surface area contributed by atoms with Gasteiger partial charge in [0.05, 0.1) is 17.5 Å². The van der Waals surface area contributed by atoms with Crippen molar-refractivity contribution in [2.24, 2.45) is 5.73 Å². The van der Waals surface area contributed by atoms with Crippen LogP contribution >= 0.6 is 11.6 Å². The second-order valence-electron chi connectivity index (χ2n) is 4.88. The third kappa shape index (κ3) is 3.12. The van der Waals surface area contributed by atoms with Crippen LogP contribution in [0.1, 0.15) is 5.56 Å². The maximum atomic E-state index is 11.0. The van der Waals surface area contributed by atoms with Gasteiger partial charge >= 0.3 is 6.01 Å². The molecule has 0 aliphatic heterocycles. The van der Waals surface area contributed by atoms with Crippen LogP contribution in [-0.4, -0.2) is 15.5 Å². The largest absolute Gasteiger partial charge is 0.425 e. The van der Waals surface area contributed by atoms with Crippen LogP contribution in [0.5, 0.6) is 11.8 Å². The Balaban J connectivity index is 1.99. The van der Waals surface area contributed by atoms with Gasteiger partial charge in [0.1, 0.15) is 5.75 Å². The predicted molar refractivity (Wildman–Crippen MR) is 88.4 cm³/mol. The average Bonchev–Trinajstić information content (AvgIpc) is 2.83. The van der Waals surface area contributed by atoms with Crippen LogP contribution in [0.25, 0.3) is 11.0 Å². The fourth-order valence-corrected chi connectivity index (χ4v) is 2.41. The van der Waals surface area contributed by atoms with Crippen LogP contribution < -0.4 is 10.5 Å². The fraction of sp³-hybridized carbons (Fsp3) is 0.0588. The van der Waals surface area contributed by atoms with Crippen molar-refractivity contribution in [2.45, 2.75) is 6.42 Å². The molecule has 3 aromatic rings. The van der Waals surface area contributed by atoms with E-state index in [4.69, 9.17) is 28.5 Å². The number of fused-ring (bicyclic) bond motifs is 1. The molecule has 2 N–H and O–H groups in total. The molecule has 3 rings (SSSR count). The molecule has 1 aromatic heterocycles. The third-order valence-corrected chi connectivity index (χ3v) is 3.44. The van der Waals surface area contributed by atoms with Gasteiger partial charge in [-0.15, -0.1) is 0 Å². The van der Waals surface area contributed by atoms with Gasteiger partial charge in [-0.05, 0) is 35.9 Å². The first kappa shape index (κ1) is 14.9. The summed E-state index contributed by atoms with van der Waals surface area (Å²) < 4.78 is 7.24. The van der Waals surface area contributed by atoms with Crippen molar-refractivity contribution in [1.82, 2.24) is 9.55 Å². The number of amides is 1. The molecular weight excluding hydrogens is 314 g/mol. The lowest BCUT2D eigenvalue weighted by Crippen LogP contribution is -2.13. The lowest BCUT2D eigenvalue weighted by Gasteiger charge is -2.06. The van der Waals surface area contributed by atoms with Crippen molar-refractivity contribution in [2.75, 3.05) is 0 Å². The number of benzene rings is 2. The second kappa shape index (κ2) is 6.03. The molecule has 0 aliphatic rings. The predicted octanol–water partition coefficient (Wildman–Crippen LogP) is 2.95. The zero-order chi connectivity index (χ0) is 16.4. The molecule has 0 saturated heterocycles. The van der Waals surface area contributed by atoms with Gasteiger partial charge in [-0.2, -0.15) is 4.98 Å². The molecule has 0 spiro atoms. The van der Waals surface area contributed by atoms with Crippen LogP contribution in [0.2, 0.25) is 5.02 Å². The zero-order valence-corrected chi connectivity index (χ0v) is 12.7. The smallest absolute Gasteiger partial charge is 0.315 e. The topological polar surface area (TPSA) is 70.1 Å². The van der Waals surface area contributed by atoms with Crippen molar-refractivity contribution in [3.63, 3.8) is 0 Å². The lowest BCUT2D eigenvalue weighted by molar-refractivity contribution is -0.117. The van der Waals surface area contributed by atoms with E-state index >= 15 is 0 Å². The van der Waals surface area contributed by atoms with E-state index in [1.807, 2.05) is 0 Å². The number of imidazole rings is 1. The molecule has 1 heterocycles. The van der Waals surface area contributed by atoms with Crippen molar-refractivity contribution in [3.05, 3.63) is 53.1 Å². The van der Waals surface area contributed by atoms with Crippen LogP contribution in [0.3, 0.4) is 0 Å². The number of nitrogens with two attached hydrogens (primary N) is 1. The van der Waals surface area contributed by atoms with E-state index in [0.717, 1.165) is 5.56 Å². The second-order valence-corrected chi connectivity index (χ2v) is 5.32. The van der Waals surface area contributed by atoms with Gasteiger partial charge in [0.25, 0.3) is 0 Å². The summed E-state index contributed by atoms with van der Waals surface area (Å²) in [6.45, 7) is 0. The summed E-state index contributed by atoms with van der Waals surface area (Å²) in [7, 11) is 0. The molecule has 0 saturated carbocycles. The zero-order valence-electron chi connectivity index (χ0n) is 12.0. The summed E-state index contributed by atoms with van der Waals surface area (Å²) in [4.78, 5) is 15.4. The van der Waals surface area contributed by atoms with E-state index in [1.54, 1.807) is 42.5 Å². The molecule has 2 aromatic carbocycles. The molecule has 0 aliphatic carbocycles. The Bertz CT molecular complexity index is 941. The van der Waals surface area contributed by atoms with E-state index in [0.29, 0.717) is 21.8 Å². The molecule has 23 heavy (non-hydrogen) atoms. The molecule has 0 fully saturated rings. The van der Waals surface area contributed by atoms with Gasteiger partial charge < -0.3 is 10.5 Å². The minimum absolute atomic E-state index is 0.137. The van der Waals surface area contributed by atoms with Crippen molar-refractivity contribution in [3.8, 4) is 24.2 Å². The lowest BCUT2D eigenvalue weighted by atomic mass is 10.1. The number of carbonyl (C=O) groups is 1. The number of primary amides is 1. The summed E-state index contributed by atoms with van der Waals surface area (Å²) in [5.41, 5.74) is 7.31. The van der Waals surface area contributed by atoms with Gasteiger partial charge in [-0.3, -0.25) is 4.79 Å². The Labute approximate surface area is 137 Å². The maximum Gasteiger partial charge on any atom is 0.315 e. The average molecular weight is 326 g/mol. The highest BCUT2D eigenvalue weighted by Gasteiger charge is 2.12. The van der Waals surface area contributed by atoms with E-state index < -0.39 is 5.91 Å². The van der Waals surface area contributed by atoms with Crippen molar-refractivity contribution in [1.29, 1.82) is 0 Å². The molecule has 114 valence electrons. The van der Waals surface area contributed by atoms with Gasteiger partial charge in [-0.25, -0.2) is 4.57 Å². The first-order valence-electron chi connectivity index (χ1n) is 6.76. The van der Waals surface area contributed by atoms with Crippen LogP contribution in [0, 0.1) is 12.5 Å². The Hall–Kier alpha value is -2.97. The third-order valence-electron chi connectivity index (χ3n) is 3.20. The number of rotatable bonds is 4. The first-order chi connectivity index (χ1) is 11.1. The van der Waals surface area contributed by atoms with Crippen molar-refractivity contribution >= 4 is 28.5 Å². The SMILES string of the molecule is C#Cn1c(Oc2cccc(CC(N)=O)c2)nc2ccc(Cl)cc21. The number of aromatic nitrogens is 2. The van der Waals surface area contributed by atoms with Crippen LogP contribution in [0.15, 0.2) is 42.5 Å². The first-order valence-corrected chi connectivity index (χ1v) is 7.14. The molecule has 0 unspecified atom stereocenters. The van der Waals surface area contributed by atoms with Crippen LogP contribution in [-0.2, 0) is 11.2 Å². The van der Waals surface area contributed by atoms with E-state index in [1.165, 1.54) is 4.57 Å². The summed E-state index contributed by atoms with van der Waals surface area (Å²) >= 11 is 5.99. The Morgan fingerprint density at radius 3 is 2.91 bits per heavy atom. The van der Waals surface area contributed by atoms with Crippen molar-refractivity contribution < 1.29 is 9.53 Å². The highest BCUT2D eigenvalue weighted by Crippen LogP contribution is 2.27. The summed E-state index contributed by atoms with van der Waals surface area (Å²) in [5, 5.41) is 0.559. The summed E-state index contributed by atoms with van der Waals surface area (Å²) in [6, 6.07) is 15.0. The molecule has 0 bridgehead atoms. The molecule has 1 amide bonds. The number of hydrogen-bond acceptors (Lipinski definition) is 3. The standard InChI is InChI=1S/C17H12ClN3O2/c1-2-21-15-10-12(18)6-7-14(15)20-17(21)23-13-5-3-4-11(8-13)9-16(19)22/h1,3-8,10H,9H2,(H2,19,22). The minimum atomic E-state index is -0.410. The van der Waals surface area contributed by atoms with Gasteiger partial charge in [-0.1, -0.05) is 30.2 Å². The quantitative estimate of drug-likeness (QED) is 0.750. The Kier molecular flexibility index (Phi) is 3.92. The number of ether oxygens (including phenoxy) is 1. The van der Waals surface area contributed by atoms with E-state index in [9.17, 15) is 4.79 Å². The molecule has 0 radical (unpaired) electrons. The molecule has 0 atom stereocenters. The maximum absolute atomic E-state index is 11.0. The Morgan fingerprint density at radius 2 is 2.17 bits per heavy atom. The number of nitrogens with zero attached hydrogens (tertiary/aromatic N) is 2. The fourth-order valence-electron chi connectivity index (χ4n) is 2.25. The number of terminal acetylenes is 1. The van der Waals surface area contributed by atoms with Gasteiger partial charge in [0.15, 0.2) is 0 Å². The molecule has 6 heteroatoms. The normalized spacial score (nSPS) is 10.4. The minimum Gasteiger partial charge on any atom is -0.425 e. The summed E-state index contributed by atoms with van der Waals surface area (Å²) in [6.07, 6.45) is 5.69. The summed E-state index contributed by atoms with van der Waals surface area (Å²) in [5.74, 6) is 0.106. The number of hydrogen-bond donors (Lipinski definition) is 1. The van der Waals surface area contributed by atoms with Gasteiger partial charge in [0.2, 0.25) is 5.91 Å².